The first kappa shape index (κ1) is 26.4. The van der Waals surface area contributed by atoms with E-state index in [1.165, 1.54) is 6.08 Å². The number of benzene rings is 2. The number of halogens is 2. The SMILES string of the molecule is C=CC(=C)Cl.Cc1c(Cl)cccc1OCCCC(=O)N1CCCOc2c(-c3cn[nH]c3)cccc21. The van der Waals surface area contributed by atoms with Gasteiger partial charge in [-0.05, 0) is 38.0 Å². The van der Waals surface area contributed by atoms with Gasteiger partial charge in [0.25, 0.3) is 0 Å². The number of rotatable bonds is 7. The van der Waals surface area contributed by atoms with Crippen LogP contribution in [-0.2, 0) is 4.79 Å². The van der Waals surface area contributed by atoms with Gasteiger partial charge in [-0.25, -0.2) is 0 Å². The highest BCUT2D eigenvalue weighted by molar-refractivity contribution is 6.31. The van der Waals surface area contributed by atoms with Crippen molar-refractivity contribution in [2.75, 3.05) is 24.7 Å². The molecule has 2 aromatic carbocycles. The van der Waals surface area contributed by atoms with Crippen LogP contribution in [0.4, 0.5) is 5.69 Å². The minimum Gasteiger partial charge on any atom is -0.493 e. The van der Waals surface area contributed by atoms with Crippen LogP contribution in [0.1, 0.15) is 24.8 Å². The summed E-state index contributed by atoms with van der Waals surface area (Å²) in [5.41, 5.74) is 3.59. The highest BCUT2D eigenvalue weighted by Crippen LogP contribution is 2.40. The monoisotopic (exact) mass is 513 g/mol. The quantitative estimate of drug-likeness (QED) is 0.274. The molecule has 8 heteroatoms. The Morgan fingerprint density at radius 1 is 1.31 bits per heavy atom. The Kier molecular flexibility index (Phi) is 9.82. The normalized spacial score (nSPS) is 12.4. The van der Waals surface area contributed by atoms with Crippen molar-refractivity contribution < 1.29 is 14.3 Å². The Morgan fingerprint density at radius 3 is 2.80 bits per heavy atom. The predicted molar refractivity (Wildman–Crippen MR) is 143 cm³/mol. The van der Waals surface area contributed by atoms with Crippen LogP contribution in [-0.4, -0.2) is 35.9 Å². The van der Waals surface area contributed by atoms with Crippen molar-refractivity contribution in [3.05, 3.63) is 83.6 Å². The molecule has 184 valence electrons. The van der Waals surface area contributed by atoms with Gasteiger partial charge in [-0.1, -0.05) is 60.6 Å². The second-order valence-electron chi connectivity index (χ2n) is 7.85. The fourth-order valence-electron chi connectivity index (χ4n) is 3.58. The first-order valence-corrected chi connectivity index (χ1v) is 12.1. The number of carbonyl (C=O) groups excluding carboxylic acids is 1. The lowest BCUT2D eigenvalue weighted by Gasteiger charge is -2.23. The highest BCUT2D eigenvalue weighted by Gasteiger charge is 2.24. The van der Waals surface area contributed by atoms with Crippen molar-refractivity contribution in [3.63, 3.8) is 0 Å². The molecule has 1 aliphatic heterocycles. The lowest BCUT2D eigenvalue weighted by Crippen LogP contribution is -2.31. The molecule has 2 heterocycles. The van der Waals surface area contributed by atoms with Gasteiger partial charge < -0.3 is 14.4 Å². The molecule has 1 amide bonds. The molecule has 1 aliphatic rings. The van der Waals surface area contributed by atoms with Gasteiger partial charge >= 0.3 is 0 Å². The average molecular weight is 514 g/mol. The zero-order valence-corrected chi connectivity index (χ0v) is 21.2. The molecular weight excluding hydrogens is 485 g/mol. The number of amides is 1. The summed E-state index contributed by atoms with van der Waals surface area (Å²) in [6.07, 6.45) is 6.87. The molecule has 0 bridgehead atoms. The largest absolute Gasteiger partial charge is 0.493 e. The van der Waals surface area contributed by atoms with E-state index in [0.717, 1.165) is 40.3 Å². The first-order valence-electron chi connectivity index (χ1n) is 11.3. The van der Waals surface area contributed by atoms with Crippen molar-refractivity contribution in [3.8, 4) is 22.6 Å². The van der Waals surface area contributed by atoms with E-state index in [1.807, 2.05) is 54.4 Å². The van der Waals surface area contributed by atoms with Gasteiger partial charge in [-0.15, -0.1) is 0 Å². The van der Waals surface area contributed by atoms with Crippen molar-refractivity contribution in [1.29, 1.82) is 0 Å². The number of allylic oxidation sites excluding steroid dienone is 2. The summed E-state index contributed by atoms with van der Waals surface area (Å²) < 4.78 is 11.8. The summed E-state index contributed by atoms with van der Waals surface area (Å²) >= 11 is 11.3. The number of ether oxygens (including phenoxy) is 2. The van der Waals surface area contributed by atoms with Gasteiger partial charge in [0.05, 0.1) is 25.1 Å². The molecule has 6 nitrogen and oxygen atoms in total. The maximum absolute atomic E-state index is 13.0. The number of anilines is 1. The van der Waals surface area contributed by atoms with Crippen LogP contribution in [0.2, 0.25) is 5.02 Å². The zero-order valence-electron chi connectivity index (χ0n) is 19.7. The van der Waals surface area contributed by atoms with E-state index in [9.17, 15) is 4.79 Å². The number of H-pyrrole nitrogens is 1. The molecule has 0 saturated heterocycles. The average Bonchev–Trinajstić information content (AvgIpc) is 3.30. The zero-order chi connectivity index (χ0) is 25.2. The maximum Gasteiger partial charge on any atom is 0.227 e. The number of para-hydroxylation sites is 1. The third kappa shape index (κ3) is 7.13. The minimum atomic E-state index is 0.0671. The van der Waals surface area contributed by atoms with Crippen LogP contribution in [0.3, 0.4) is 0 Å². The van der Waals surface area contributed by atoms with E-state index in [-0.39, 0.29) is 5.91 Å². The van der Waals surface area contributed by atoms with Crippen LogP contribution in [0.5, 0.6) is 11.5 Å². The van der Waals surface area contributed by atoms with Gasteiger partial charge in [0.1, 0.15) is 5.75 Å². The number of hydrogen-bond acceptors (Lipinski definition) is 4. The molecule has 0 unspecified atom stereocenters. The Balaban J connectivity index is 0.000000623. The lowest BCUT2D eigenvalue weighted by molar-refractivity contribution is -0.118. The van der Waals surface area contributed by atoms with E-state index in [2.05, 4.69) is 23.4 Å². The summed E-state index contributed by atoms with van der Waals surface area (Å²) in [4.78, 5) is 14.8. The van der Waals surface area contributed by atoms with Crippen molar-refractivity contribution in [2.24, 2.45) is 0 Å². The highest BCUT2D eigenvalue weighted by atomic mass is 35.5. The van der Waals surface area contributed by atoms with E-state index < -0.39 is 0 Å². The summed E-state index contributed by atoms with van der Waals surface area (Å²) in [6.45, 7) is 10.2. The smallest absolute Gasteiger partial charge is 0.227 e. The lowest BCUT2D eigenvalue weighted by atomic mass is 10.1. The number of hydrogen-bond donors (Lipinski definition) is 1. The number of aromatic amines is 1. The molecule has 35 heavy (non-hydrogen) atoms. The molecule has 1 aromatic heterocycles. The second-order valence-corrected chi connectivity index (χ2v) is 8.75. The van der Waals surface area contributed by atoms with E-state index >= 15 is 0 Å². The van der Waals surface area contributed by atoms with E-state index in [4.69, 9.17) is 32.7 Å². The second kappa shape index (κ2) is 13.0. The van der Waals surface area contributed by atoms with Crippen LogP contribution in [0.15, 0.2) is 73.1 Å². The van der Waals surface area contributed by atoms with Gasteiger partial charge in [-0.2, -0.15) is 5.10 Å². The van der Waals surface area contributed by atoms with Gasteiger partial charge in [0.2, 0.25) is 5.91 Å². The molecule has 0 spiro atoms. The molecule has 4 rings (SSSR count). The van der Waals surface area contributed by atoms with Crippen molar-refractivity contribution in [2.45, 2.75) is 26.2 Å². The Bertz CT molecular complexity index is 1160. The molecule has 3 aromatic rings. The van der Waals surface area contributed by atoms with Gasteiger partial charge in [-0.3, -0.25) is 9.89 Å². The fourth-order valence-corrected chi connectivity index (χ4v) is 3.74. The van der Waals surface area contributed by atoms with Crippen LogP contribution >= 0.6 is 23.2 Å². The third-order valence-electron chi connectivity index (χ3n) is 5.40. The maximum atomic E-state index is 13.0. The number of aromatic nitrogens is 2. The van der Waals surface area contributed by atoms with Crippen LogP contribution < -0.4 is 14.4 Å². The van der Waals surface area contributed by atoms with Gasteiger partial charge in [0, 0.05) is 45.9 Å². The molecule has 0 radical (unpaired) electrons. The van der Waals surface area contributed by atoms with E-state index in [0.29, 0.717) is 42.7 Å². The number of fused-ring (bicyclic) bond motifs is 1. The molecular formula is C27H29Cl2N3O3. The summed E-state index contributed by atoms with van der Waals surface area (Å²) in [5.74, 6) is 1.56. The van der Waals surface area contributed by atoms with Crippen LogP contribution in [0.25, 0.3) is 11.1 Å². The molecule has 0 saturated carbocycles. The molecule has 0 fully saturated rings. The summed E-state index contributed by atoms with van der Waals surface area (Å²) in [5, 5.41) is 8.03. The molecule has 0 atom stereocenters. The fraction of sp³-hybridized carbons (Fsp3) is 0.259. The van der Waals surface area contributed by atoms with Crippen LogP contribution in [0, 0.1) is 6.92 Å². The molecule has 0 aliphatic carbocycles. The molecule has 1 N–H and O–H groups in total. The van der Waals surface area contributed by atoms with Crippen molar-refractivity contribution in [1.82, 2.24) is 10.2 Å². The Hall–Kier alpha value is -3.22. The number of nitrogens with zero attached hydrogens (tertiary/aromatic N) is 2. The predicted octanol–water partition coefficient (Wildman–Crippen LogP) is 6.94. The summed E-state index contributed by atoms with van der Waals surface area (Å²) in [7, 11) is 0. The third-order valence-corrected chi connectivity index (χ3v) is 5.96. The van der Waals surface area contributed by atoms with E-state index in [1.54, 1.807) is 6.20 Å². The Labute approximate surface area is 216 Å². The Morgan fingerprint density at radius 2 is 2.09 bits per heavy atom. The number of nitrogens with one attached hydrogen (secondary N) is 1. The topological polar surface area (TPSA) is 67.4 Å². The van der Waals surface area contributed by atoms with Gasteiger partial charge in [0.15, 0.2) is 5.75 Å². The van der Waals surface area contributed by atoms with Crippen molar-refractivity contribution >= 4 is 34.8 Å². The first-order chi connectivity index (χ1) is 16.9. The standard InChI is InChI=1S/C23H24ClN3O3.C4H5Cl/c1-16-19(24)7-3-9-21(16)29-12-4-10-22(28)27-11-5-13-30-23-18(6-2-8-20(23)27)17-14-25-26-15-17;1-3-4(2)5/h2-3,6-9,14-15H,4-5,10-13H2,1H3,(H,25,26);3H,1-2H2. The summed E-state index contributed by atoms with van der Waals surface area (Å²) in [6, 6.07) is 11.5. The number of carbonyl (C=O) groups is 1. The minimum absolute atomic E-state index is 0.0671.